The molecule has 8 heteroatoms. The smallest absolute Gasteiger partial charge is 0.266 e. The summed E-state index contributed by atoms with van der Waals surface area (Å²) in [5.41, 5.74) is 3.04. The Morgan fingerprint density at radius 2 is 1.91 bits per heavy atom. The van der Waals surface area contributed by atoms with Crippen molar-refractivity contribution in [1.29, 1.82) is 0 Å². The van der Waals surface area contributed by atoms with E-state index >= 15 is 0 Å². The second-order valence-corrected chi connectivity index (χ2v) is 9.45. The van der Waals surface area contributed by atoms with Gasteiger partial charge in [-0.2, -0.15) is 0 Å². The number of ether oxygens (including phenoxy) is 1. The van der Waals surface area contributed by atoms with Gasteiger partial charge in [-0.3, -0.25) is 14.2 Å². The molecule has 6 nitrogen and oxygen atoms in total. The Morgan fingerprint density at radius 3 is 2.71 bits per heavy atom. The molecule has 34 heavy (non-hydrogen) atoms. The summed E-state index contributed by atoms with van der Waals surface area (Å²) in [6.45, 7) is 2.05. The van der Waals surface area contributed by atoms with Crippen molar-refractivity contribution >= 4 is 45.9 Å². The molecule has 4 aromatic rings. The van der Waals surface area contributed by atoms with Crippen LogP contribution in [-0.4, -0.2) is 34.4 Å². The van der Waals surface area contributed by atoms with Gasteiger partial charge in [0.1, 0.15) is 5.75 Å². The molecule has 0 radical (unpaired) electrons. The van der Waals surface area contributed by atoms with Crippen molar-refractivity contribution in [2.75, 3.05) is 17.8 Å². The summed E-state index contributed by atoms with van der Waals surface area (Å²) in [5, 5.41) is 1.31. The van der Waals surface area contributed by atoms with E-state index in [1.807, 2.05) is 36.1 Å². The van der Waals surface area contributed by atoms with Crippen LogP contribution < -0.4 is 15.2 Å². The molecule has 1 aliphatic rings. The predicted octanol–water partition coefficient (Wildman–Crippen LogP) is 5.12. The number of fused-ring (bicyclic) bond motifs is 2. The molecule has 172 valence electrons. The molecule has 1 amide bonds. The molecule has 0 saturated heterocycles. The third-order valence-corrected chi connectivity index (χ3v) is 7.16. The van der Waals surface area contributed by atoms with Crippen LogP contribution in [0.5, 0.6) is 5.75 Å². The van der Waals surface area contributed by atoms with Gasteiger partial charge in [0, 0.05) is 11.7 Å². The van der Waals surface area contributed by atoms with Crippen LogP contribution in [0.15, 0.2) is 76.7 Å². The second-order valence-electron chi connectivity index (χ2n) is 8.11. The zero-order chi connectivity index (χ0) is 23.8. The van der Waals surface area contributed by atoms with Crippen LogP contribution >= 0.6 is 23.4 Å². The Labute approximate surface area is 206 Å². The SMILES string of the molecule is COc1ccc(-n2c(SCC(=O)N3c4ccccc4CC3C)nc3ccccc3c2=O)cc1Cl. The van der Waals surface area contributed by atoms with Gasteiger partial charge in [0.2, 0.25) is 5.91 Å². The number of amides is 1. The molecule has 0 aliphatic carbocycles. The van der Waals surface area contributed by atoms with Crippen molar-refractivity contribution in [2.24, 2.45) is 0 Å². The number of halogens is 1. The summed E-state index contributed by atoms with van der Waals surface area (Å²) in [5.74, 6) is 0.635. The highest BCUT2D eigenvalue weighted by atomic mass is 35.5. The molecule has 0 N–H and O–H groups in total. The lowest BCUT2D eigenvalue weighted by molar-refractivity contribution is -0.116. The predicted molar refractivity (Wildman–Crippen MR) is 137 cm³/mol. The van der Waals surface area contributed by atoms with Crippen LogP contribution in [0.4, 0.5) is 5.69 Å². The van der Waals surface area contributed by atoms with Gasteiger partial charge >= 0.3 is 0 Å². The van der Waals surface area contributed by atoms with Gasteiger partial charge in [-0.15, -0.1) is 0 Å². The maximum atomic E-state index is 13.5. The number of hydrogen-bond donors (Lipinski definition) is 0. The number of para-hydroxylation sites is 2. The highest BCUT2D eigenvalue weighted by molar-refractivity contribution is 7.99. The Bertz CT molecular complexity index is 1470. The molecule has 1 aromatic heterocycles. The van der Waals surface area contributed by atoms with Crippen LogP contribution in [-0.2, 0) is 11.2 Å². The van der Waals surface area contributed by atoms with Crippen LogP contribution in [0, 0.1) is 0 Å². The lowest BCUT2D eigenvalue weighted by Gasteiger charge is -2.23. The number of nitrogens with zero attached hydrogens (tertiary/aromatic N) is 3. The molecule has 3 aromatic carbocycles. The van der Waals surface area contributed by atoms with E-state index in [0.29, 0.717) is 32.5 Å². The number of thioether (sulfide) groups is 1. The lowest BCUT2D eigenvalue weighted by atomic mass is 10.1. The van der Waals surface area contributed by atoms with E-state index in [-0.39, 0.29) is 23.3 Å². The summed E-state index contributed by atoms with van der Waals surface area (Å²) in [6.07, 6.45) is 0.829. The highest BCUT2D eigenvalue weighted by Crippen LogP contribution is 2.33. The molecule has 1 atom stereocenters. The second kappa shape index (κ2) is 9.16. The van der Waals surface area contributed by atoms with Crippen LogP contribution in [0.3, 0.4) is 0 Å². The van der Waals surface area contributed by atoms with Gasteiger partial charge in [0.25, 0.3) is 5.56 Å². The Balaban J connectivity index is 1.53. The minimum absolute atomic E-state index is 0.0239. The van der Waals surface area contributed by atoms with Crippen molar-refractivity contribution < 1.29 is 9.53 Å². The lowest BCUT2D eigenvalue weighted by Crippen LogP contribution is -2.37. The number of rotatable bonds is 5. The first-order valence-electron chi connectivity index (χ1n) is 10.9. The number of carbonyl (C=O) groups excluding carboxylic acids is 1. The van der Waals surface area contributed by atoms with Gasteiger partial charge in [-0.1, -0.05) is 53.7 Å². The minimum atomic E-state index is -0.221. The number of aromatic nitrogens is 2. The maximum Gasteiger partial charge on any atom is 0.266 e. The molecule has 0 saturated carbocycles. The van der Waals surface area contributed by atoms with Gasteiger partial charge in [0.15, 0.2) is 5.16 Å². The molecule has 1 aliphatic heterocycles. The van der Waals surface area contributed by atoms with Crippen molar-refractivity contribution in [3.05, 3.63) is 87.7 Å². The van der Waals surface area contributed by atoms with Gasteiger partial charge in [-0.05, 0) is 55.3 Å². The minimum Gasteiger partial charge on any atom is -0.495 e. The summed E-state index contributed by atoms with van der Waals surface area (Å²) < 4.78 is 6.76. The number of benzene rings is 3. The molecular formula is C26H22ClN3O3S. The van der Waals surface area contributed by atoms with E-state index in [1.165, 1.54) is 29.0 Å². The highest BCUT2D eigenvalue weighted by Gasteiger charge is 2.30. The number of hydrogen-bond acceptors (Lipinski definition) is 5. The first-order valence-corrected chi connectivity index (χ1v) is 12.2. The monoisotopic (exact) mass is 491 g/mol. The van der Waals surface area contributed by atoms with Crippen molar-refractivity contribution in [3.8, 4) is 11.4 Å². The van der Waals surface area contributed by atoms with Gasteiger partial charge in [0.05, 0.1) is 34.5 Å². The maximum absolute atomic E-state index is 13.5. The van der Waals surface area contributed by atoms with Crippen molar-refractivity contribution in [3.63, 3.8) is 0 Å². The van der Waals surface area contributed by atoms with E-state index in [9.17, 15) is 9.59 Å². The summed E-state index contributed by atoms with van der Waals surface area (Å²) in [6, 6.07) is 20.4. The van der Waals surface area contributed by atoms with Crippen molar-refractivity contribution in [2.45, 2.75) is 24.5 Å². The normalized spacial score (nSPS) is 14.9. The molecular weight excluding hydrogens is 470 g/mol. The van der Waals surface area contributed by atoms with Crippen LogP contribution in [0.25, 0.3) is 16.6 Å². The Morgan fingerprint density at radius 1 is 1.15 bits per heavy atom. The molecule has 0 fully saturated rings. The van der Waals surface area contributed by atoms with Gasteiger partial charge < -0.3 is 9.64 Å². The van der Waals surface area contributed by atoms with E-state index < -0.39 is 0 Å². The first-order chi connectivity index (χ1) is 16.5. The van der Waals surface area contributed by atoms with E-state index in [1.54, 1.807) is 36.4 Å². The fourth-order valence-corrected chi connectivity index (χ4v) is 5.50. The Hall–Kier alpha value is -3.29. The molecule has 5 rings (SSSR count). The third-order valence-electron chi connectivity index (χ3n) is 5.94. The van der Waals surface area contributed by atoms with Crippen LogP contribution in [0.1, 0.15) is 12.5 Å². The average molecular weight is 492 g/mol. The first kappa shape index (κ1) is 22.5. The van der Waals surface area contributed by atoms with E-state index in [2.05, 4.69) is 6.07 Å². The molecule has 1 unspecified atom stereocenters. The number of carbonyl (C=O) groups is 1. The fourth-order valence-electron chi connectivity index (χ4n) is 4.37. The Kier molecular flexibility index (Phi) is 6.06. The fraction of sp³-hybridized carbons (Fsp3) is 0.192. The third kappa shape index (κ3) is 3.95. The van der Waals surface area contributed by atoms with Crippen LogP contribution in [0.2, 0.25) is 5.02 Å². The molecule has 0 bridgehead atoms. The largest absolute Gasteiger partial charge is 0.495 e. The molecule has 2 heterocycles. The summed E-state index contributed by atoms with van der Waals surface area (Å²) >= 11 is 7.60. The zero-order valence-corrected chi connectivity index (χ0v) is 20.3. The average Bonchev–Trinajstić information content (AvgIpc) is 3.18. The van der Waals surface area contributed by atoms with E-state index in [0.717, 1.165) is 12.1 Å². The number of anilines is 1. The summed E-state index contributed by atoms with van der Waals surface area (Å²) in [7, 11) is 1.54. The summed E-state index contributed by atoms with van der Waals surface area (Å²) in [4.78, 5) is 33.3. The van der Waals surface area contributed by atoms with Gasteiger partial charge in [-0.25, -0.2) is 4.98 Å². The van der Waals surface area contributed by atoms with Crippen molar-refractivity contribution in [1.82, 2.24) is 9.55 Å². The zero-order valence-electron chi connectivity index (χ0n) is 18.7. The molecule has 0 spiro atoms. The standard InChI is InChI=1S/C26H22ClN3O3S/c1-16-13-17-7-3-6-10-22(17)29(16)24(31)15-34-26-28-21-9-5-4-8-19(21)25(32)30(26)18-11-12-23(33-2)20(27)14-18/h3-12,14,16H,13,15H2,1-2H3. The van der Waals surface area contributed by atoms with E-state index in [4.69, 9.17) is 21.3 Å². The number of methoxy groups -OCH3 is 1. The quantitative estimate of drug-likeness (QED) is 0.286. The topological polar surface area (TPSA) is 64.4 Å².